The normalized spacial score (nSPS) is 22.9. The molecular formula is C15H19BrN2O3. The zero-order valence-corrected chi connectivity index (χ0v) is 13.6. The summed E-state index contributed by atoms with van der Waals surface area (Å²) in [7, 11) is 0. The molecule has 2 heterocycles. The monoisotopic (exact) mass is 354 g/mol. The highest BCUT2D eigenvalue weighted by Gasteiger charge is 2.27. The number of morpholine rings is 1. The molecule has 1 unspecified atom stereocenters. The third-order valence-electron chi connectivity index (χ3n) is 3.98. The van der Waals surface area contributed by atoms with Crippen LogP contribution in [0.15, 0.2) is 22.7 Å². The summed E-state index contributed by atoms with van der Waals surface area (Å²) in [6.07, 6.45) is 0. The van der Waals surface area contributed by atoms with Gasteiger partial charge in [-0.2, -0.15) is 0 Å². The van der Waals surface area contributed by atoms with E-state index in [9.17, 15) is 4.79 Å². The second-order valence-corrected chi connectivity index (χ2v) is 6.32. The number of carbonyl (C=O) groups is 1. The molecule has 1 amide bonds. The predicted octanol–water partition coefficient (Wildman–Crippen LogP) is 1.90. The lowest BCUT2D eigenvalue weighted by Crippen LogP contribution is -2.49. The molecule has 114 valence electrons. The maximum absolute atomic E-state index is 12.2. The van der Waals surface area contributed by atoms with Crippen molar-refractivity contribution in [1.29, 1.82) is 0 Å². The van der Waals surface area contributed by atoms with Gasteiger partial charge >= 0.3 is 0 Å². The van der Waals surface area contributed by atoms with Gasteiger partial charge in [-0.25, -0.2) is 0 Å². The molecule has 0 aliphatic carbocycles. The molecule has 0 bridgehead atoms. The summed E-state index contributed by atoms with van der Waals surface area (Å²) in [4.78, 5) is 16.4. The number of hydrogen-bond acceptors (Lipinski definition) is 4. The van der Waals surface area contributed by atoms with Gasteiger partial charge in [0.25, 0.3) is 5.91 Å². The standard InChI is InChI=1S/C15H19BrN2O3/c1-11-9-20-7-6-17(11)4-5-18-13-8-12(16)2-3-14(13)21-10-15(18)19/h2-3,8,11H,4-7,9-10H2,1H3. The van der Waals surface area contributed by atoms with E-state index in [-0.39, 0.29) is 12.5 Å². The molecule has 6 heteroatoms. The van der Waals surface area contributed by atoms with E-state index in [0.29, 0.717) is 12.6 Å². The van der Waals surface area contributed by atoms with Crippen LogP contribution in [-0.2, 0) is 9.53 Å². The SMILES string of the molecule is CC1COCCN1CCN1C(=O)COc2ccc(Br)cc21. The fourth-order valence-electron chi connectivity index (χ4n) is 2.74. The summed E-state index contributed by atoms with van der Waals surface area (Å²) in [6.45, 7) is 6.25. The molecule has 1 saturated heterocycles. The van der Waals surface area contributed by atoms with Gasteiger partial charge in [-0.15, -0.1) is 0 Å². The maximum atomic E-state index is 12.2. The molecule has 1 fully saturated rings. The third-order valence-corrected chi connectivity index (χ3v) is 4.47. The first kappa shape index (κ1) is 14.8. The summed E-state index contributed by atoms with van der Waals surface area (Å²) >= 11 is 3.45. The second kappa shape index (κ2) is 6.34. The van der Waals surface area contributed by atoms with Gasteiger partial charge in [0.15, 0.2) is 6.61 Å². The Balaban J connectivity index is 1.72. The summed E-state index contributed by atoms with van der Waals surface area (Å²) in [5.74, 6) is 0.786. The van der Waals surface area contributed by atoms with E-state index < -0.39 is 0 Å². The highest BCUT2D eigenvalue weighted by Crippen LogP contribution is 2.34. The predicted molar refractivity (Wildman–Crippen MR) is 83.8 cm³/mol. The molecule has 1 atom stereocenters. The number of carbonyl (C=O) groups excluding carboxylic acids is 1. The number of nitrogens with zero attached hydrogens (tertiary/aromatic N) is 2. The van der Waals surface area contributed by atoms with Crippen molar-refractivity contribution in [3.8, 4) is 5.75 Å². The average molecular weight is 355 g/mol. The molecule has 5 nitrogen and oxygen atoms in total. The van der Waals surface area contributed by atoms with Gasteiger partial charge in [0.05, 0.1) is 18.9 Å². The van der Waals surface area contributed by atoms with Gasteiger partial charge in [-0.3, -0.25) is 9.69 Å². The van der Waals surface area contributed by atoms with Crippen molar-refractivity contribution in [3.63, 3.8) is 0 Å². The van der Waals surface area contributed by atoms with Crippen LogP contribution in [0.5, 0.6) is 5.75 Å². The maximum Gasteiger partial charge on any atom is 0.265 e. The zero-order chi connectivity index (χ0) is 14.8. The number of amides is 1. The molecule has 1 aromatic carbocycles. The Morgan fingerprint density at radius 1 is 1.38 bits per heavy atom. The Kier molecular flexibility index (Phi) is 4.47. The summed E-state index contributed by atoms with van der Waals surface area (Å²) < 4.78 is 11.9. The Morgan fingerprint density at radius 2 is 2.24 bits per heavy atom. The Bertz CT molecular complexity index is 538. The molecule has 0 radical (unpaired) electrons. The number of anilines is 1. The number of halogens is 1. The lowest BCUT2D eigenvalue weighted by molar-refractivity contribution is -0.121. The number of rotatable bonds is 3. The fourth-order valence-corrected chi connectivity index (χ4v) is 3.09. The first-order valence-corrected chi connectivity index (χ1v) is 7.99. The largest absolute Gasteiger partial charge is 0.482 e. The van der Waals surface area contributed by atoms with E-state index in [4.69, 9.17) is 9.47 Å². The van der Waals surface area contributed by atoms with Gasteiger partial charge in [-0.05, 0) is 25.1 Å². The highest BCUT2D eigenvalue weighted by molar-refractivity contribution is 9.10. The first-order chi connectivity index (χ1) is 10.1. The van der Waals surface area contributed by atoms with Crippen LogP contribution in [0.25, 0.3) is 0 Å². The fraction of sp³-hybridized carbons (Fsp3) is 0.533. The van der Waals surface area contributed by atoms with Crippen LogP contribution >= 0.6 is 15.9 Å². The minimum Gasteiger partial charge on any atom is -0.482 e. The van der Waals surface area contributed by atoms with E-state index in [0.717, 1.165) is 42.2 Å². The van der Waals surface area contributed by atoms with Crippen molar-refractivity contribution >= 4 is 27.5 Å². The van der Waals surface area contributed by atoms with Crippen LogP contribution in [0, 0.1) is 0 Å². The molecule has 3 rings (SSSR count). The van der Waals surface area contributed by atoms with Gasteiger partial charge in [0.2, 0.25) is 0 Å². The lowest BCUT2D eigenvalue weighted by Gasteiger charge is -2.36. The van der Waals surface area contributed by atoms with E-state index in [2.05, 4.69) is 27.8 Å². The van der Waals surface area contributed by atoms with Crippen LogP contribution in [0.3, 0.4) is 0 Å². The molecule has 0 spiro atoms. The van der Waals surface area contributed by atoms with Crippen molar-refractivity contribution in [1.82, 2.24) is 4.90 Å². The molecule has 2 aliphatic rings. The Morgan fingerprint density at radius 3 is 3.05 bits per heavy atom. The van der Waals surface area contributed by atoms with E-state index in [1.807, 2.05) is 23.1 Å². The van der Waals surface area contributed by atoms with Gasteiger partial charge in [-0.1, -0.05) is 15.9 Å². The summed E-state index contributed by atoms with van der Waals surface area (Å²) in [5, 5.41) is 0. The van der Waals surface area contributed by atoms with Crippen molar-refractivity contribution in [2.75, 3.05) is 44.4 Å². The summed E-state index contributed by atoms with van der Waals surface area (Å²) in [5.41, 5.74) is 0.849. The Labute approximate surface area is 132 Å². The minimum atomic E-state index is 0.0153. The molecular weight excluding hydrogens is 336 g/mol. The Hall–Kier alpha value is -1.11. The van der Waals surface area contributed by atoms with Crippen molar-refractivity contribution in [2.24, 2.45) is 0 Å². The van der Waals surface area contributed by atoms with Crippen molar-refractivity contribution < 1.29 is 14.3 Å². The number of benzene rings is 1. The first-order valence-electron chi connectivity index (χ1n) is 7.19. The van der Waals surface area contributed by atoms with E-state index in [1.54, 1.807) is 0 Å². The summed E-state index contributed by atoms with van der Waals surface area (Å²) in [6, 6.07) is 6.17. The highest BCUT2D eigenvalue weighted by atomic mass is 79.9. The van der Waals surface area contributed by atoms with Gasteiger partial charge in [0, 0.05) is 30.1 Å². The molecule has 0 saturated carbocycles. The minimum absolute atomic E-state index is 0.0153. The van der Waals surface area contributed by atoms with Crippen LogP contribution in [-0.4, -0.2) is 56.3 Å². The van der Waals surface area contributed by atoms with Crippen molar-refractivity contribution in [2.45, 2.75) is 13.0 Å². The van der Waals surface area contributed by atoms with Gasteiger partial charge < -0.3 is 14.4 Å². The second-order valence-electron chi connectivity index (χ2n) is 5.41. The van der Waals surface area contributed by atoms with Crippen molar-refractivity contribution in [3.05, 3.63) is 22.7 Å². The van der Waals surface area contributed by atoms with Gasteiger partial charge in [0.1, 0.15) is 5.75 Å². The van der Waals surface area contributed by atoms with Crippen LogP contribution < -0.4 is 9.64 Å². The molecule has 1 aromatic rings. The van der Waals surface area contributed by atoms with E-state index in [1.165, 1.54) is 0 Å². The topological polar surface area (TPSA) is 42.0 Å². The quantitative estimate of drug-likeness (QED) is 0.831. The molecule has 0 N–H and O–H groups in total. The van der Waals surface area contributed by atoms with Crippen LogP contribution in [0.4, 0.5) is 5.69 Å². The smallest absolute Gasteiger partial charge is 0.265 e. The average Bonchev–Trinajstić information content (AvgIpc) is 2.48. The molecule has 0 aromatic heterocycles. The zero-order valence-electron chi connectivity index (χ0n) is 12.0. The number of ether oxygens (including phenoxy) is 2. The third kappa shape index (κ3) is 3.22. The van der Waals surface area contributed by atoms with Crippen LogP contribution in [0.2, 0.25) is 0 Å². The number of hydrogen-bond donors (Lipinski definition) is 0. The molecule has 2 aliphatic heterocycles. The molecule has 21 heavy (non-hydrogen) atoms. The lowest BCUT2D eigenvalue weighted by atomic mass is 10.2. The van der Waals surface area contributed by atoms with Crippen LogP contribution in [0.1, 0.15) is 6.92 Å². The van der Waals surface area contributed by atoms with E-state index >= 15 is 0 Å². The number of fused-ring (bicyclic) bond motifs is 1.